The highest BCUT2D eigenvalue weighted by Crippen LogP contribution is 2.60. The number of hydrogen-bond donors (Lipinski definition) is 0. The first-order valence-electron chi connectivity index (χ1n) is 10.5. The van der Waals surface area contributed by atoms with Crippen LogP contribution in [0.4, 0.5) is 0 Å². The molecule has 0 aromatic carbocycles. The van der Waals surface area contributed by atoms with Crippen LogP contribution in [-0.2, 0) is 9.59 Å². The summed E-state index contributed by atoms with van der Waals surface area (Å²) in [5.41, 5.74) is -0.0359. The van der Waals surface area contributed by atoms with Crippen LogP contribution in [0.15, 0.2) is 0 Å². The first-order chi connectivity index (χ1) is 11.9. The predicted molar refractivity (Wildman–Crippen MR) is 97.8 cm³/mol. The number of nitrogens with zero attached hydrogens (tertiary/aromatic N) is 2. The molecule has 1 aliphatic heterocycles. The van der Waals surface area contributed by atoms with E-state index in [1.165, 1.54) is 19.3 Å². The topological polar surface area (TPSA) is 40.6 Å². The van der Waals surface area contributed by atoms with Gasteiger partial charge in [0.25, 0.3) is 0 Å². The number of carbonyl (C=O) groups is 2. The molecule has 5 aliphatic rings. The summed E-state index contributed by atoms with van der Waals surface area (Å²) in [6.45, 7) is 7.31. The van der Waals surface area contributed by atoms with E-state index in [9.17, 15) is 9.59 Å². The number of rotatable bonds is 3. The van der Waals surface area contributed by atoms with Crippen molar-refractivity contribution in [3.8, 4) is 0 Å². The third-order valence-corrected chi connectivity index (χ3v) is 7.21. The Kier molecular flexibility index (Phi) is 4.57. The maximum Gasteiger partial charge on any atom is 0.228 e. The summed E-state index contributed by atoms with van der Waals surface area (Å²) in [6.07, 6.45) is 9.13. The van der Waals surface area contributed by atoms with Crippen molar-refractivity contribution in [1.29, 1.82) is 0 Å². The largest absolute Gasteiger partial charge is 0.341 e. The standard InChI is InChI=1S/C21H34N2O2/c1-15(2)8-19(24)22-4-3-5-23(7-6-22)20(25)21-12-16-9-17(13-21)11-18(10-16)14-21/h15-18H,3-14H2,1-2H3. The number of amides is 2. The first kappa shape index (κ1) is 17.4. The van der Waals surface area contributed by atoms with Crippen molar-refractivity contribution in [2.45, 2.75) is 65.2 Å². The van der Waals surface area contributed by atoms with E-state index in [0.29, 0.717) is 18.2 Å². The van der Waals surface area contributed by atoms with E-state index >= 15 is 0 Å². The minimum atomic E-state index is -0.0359. The fourth-order valence-electron chi connectivity index (χ4n) is 6.56. The monoisotopic (exact) mass is 346 g/mol. The molecule has 0 aromatic heterocycles. The Morgan fingerprint density at radius 1 is 0.880 bits per heavy atom. The quantitative estimate of drug-likeness (QED) is 0.786. The molecule has 140 valence electrons. The smallest absolute Gasteiger partial charge is 0.228 e. The average Bonchev–Trinajstić information content (AvgIpc) is 2.78. The molecular formula is C21H34N2O2. The molecule has 4 heteroatoms. The van der Waals surface area contributed by atoms with Crippen molar-refractivity contribution in [3.63, 3.8) is 0 Å². The molecular weight excluding hydrogens is 312 g/mol. The molecule has 4 nitrogen and oxygen atoms in total. The van der Waals surface area contributed by atoms with E-state index in [1.54, 1.807) is 0 Å². The Bertz CT molecular complexity index is 507. The average molecular weight is 347 g/mol. The molecule has 4 saturated carbocycles. The Labute approximate surface area is 152 Å². The fraction of sp³-hybridized carbons (Fsp3) is 0.905. The summed E-state index contributed by atoms with van der Waals surface area (Å²) in [7, 11) is 0. The minimum Gasteiger partial charge on any atom is -0.341 e. The lowest BCUT2D eigenvalue weighted by atomic mass is 9.49. The van der Waals surface area contributed by atoms with E-state index in [-0.39, 0.29) is 11.3 Å². The zero-order chi connectivity index (χ0) is 17.6. The lowest BCUT2D eigenvalue weighted by molar-refractivity contribution is -0.157. The molecule has 5 fully saturated rings. The van der Waals surface area contributed by atoms with Gasteiger partial charge < -0.3 is 9.80 Å². The van der Waals surface area contributed by atoms with Crippen molar-refractivity contribution in [2.75, 3.05) is 26.2 Å². The predicted octanol–water partition coefficient (Wildman–Crippen LogP) is 3.31. The van der Waals surface area contributed by atoms with Crippen molar-refractivity contribution < 1.29 is 9.59 Å². The Hall–Kier alpha value is -1.06. The van der Waals surface area contributed by atoms with Crippen LogP contribution in [0, 0.1) is 29.1 Å². The molecule has 1 heterocycles. The molecule has 2 amide bonds. The zero-order valence-corrected chi connectivity index (χ0v) is 16.0. The second-order valence-electron chi connectivity index (χ2n) is 9.82. The van der Waals surface area contributed by atoms with Gasteiger partial charge in [0.1, 0.15) is 0 Å². The van der Waals surface area contributed by atoms with E-state index in [0.717, 1.165) is 69.6 Å². The summed E-state index contributed by atoms with van der Waals surface area (Å²) in [5.74, 6) is 3.54. The van der Waals surface area contributed by atoms with Gasteiger partial charge in [0.15, 0.2) is 0 Å². The van der Waals surface area contributed by atoms with Crippen LogP contribution in [-0.4, -0.2) is 47.8 Å². The van der Waals surface area contributed by atoms with Gasteiger partial charge in [-0.3, -0.25) is 9.59 Å². The van der Waals surface area contributed by atoms with Gasteiger partial charge in [-0.15, -0.1) is 0 Å². The normalized spacial score (nSPS) is 37.5. The van der Waals surface area contributed by atoms with Gasteiger partial charge in [0.2, 0.25) is 11.8 Å². The third-order valence-electron chi connectivity index (χ3n) is 7.21. The van der Waals surface area contributed by atoms with Crippen LogP contribution >= 0.6 is 0 Å². The molecule has 4 aliphatic carbocycles. The van der Waals surface area contributed by atoms with Crippen molar-refractivity contribution in [3.05, 3.63) is 0 Å². The molecule has 0 spiro atoms. The van der Waals surface area contributed by atoms with Gasteiger partial charge >= 0.3 is 0 Å². The van der Waals surface area contributed by atoms with Crippen LogP contribution in [0.2, 0.25) is 0 Å². The fourth-order valence-corrected chi connectivity index (χ4v) is 6.56. The molecule has 25 heavy (non-hydrogen) atoms. The van der Waals surface area contributed by atoms with Crippen LogP contribution < -0.4 is 0 Å². The maximum atomic E-state index is 13.5. The minimum absolute atomic E-state index is 0.0359. The second kappa shape index (κ2) is 6.59. The molecule has 0 radical (unpaired) electrons. The van der Waals surface area contributed by atoms with Gasteiger partial charge in [-0.1, -0.05) is 13.8 Å². The molecule has 0 N–H and O–H groups in total. The van der Waals surface area contributed by atoms with Gasteiger partial charge in [-0.25, -0.2) is 0 Å². The van der Waals surface area contributed by atoms with E-state index in [4.69, 9.17) is 0 Å². The van der Waals surface area contributed by atoms with E-state index in [2.05, 4.69) is 18.7 Å². The van der Waals surface area contributed by atoms with Crippen LogP contribution in [0.25, 0.3) is 0 Å². The Balaban J connectivity index is 1.41. The highest BCUT2D eigenvalue weighted by Gasteiger charge is 2.55. The lowest BCUT2D eigenvalue weighted by Crippen LogP contribution is -2.55. The van der Waals surface area contributed by atoms with Crippen molar-refractivity contribution in [1.82, 2.24) is 9.80 Å². The Morgan fingerprint density at radius 2 is 1.40 bits per heavy atom. The first-order valence-corrected chi connectivity index (χ1v) is 10.5. The van der Waals surface area contributed by atoms with Gasteiger partial charge in [0.05, 0.1) is 5.41 Å². The summed E-state index contributed by atoms with van der Waals surface area (Å²) in [5, 5.41) is 0. The highest BCUT2D eigenvalue weighted by molar-refractivity contribution is 5.83. The van der Waals surface area contributed by atoms with Crippen LogP contribution in [0.5, 0.6) is 0 Å². The molecule has 0 aromatic rings. The van der Waals surface area contributed by atoms with Crippen LogP contribution in [0.3, 0.4) is 0 Å². The summed E-state index contributed by atoms with van der Waals surface area (Å²) < 4.78 is 0. The van der Waals surface area contributed by atoms with Gasteiger partial charge in [-0.2, -0.15) is 0 Å². The summed E-state index contributed by atoms with van der Waals surface area (Å²) >= 11 is 0. The molecule has 5 rings (SSSR count). The maximum absolute atomic E-state index is 13.5. The molecule has 0 unspecified atom stereocenters. The second-order valence-corrected chi connectivity index (χ2v) is 9.82. The highest BCUT2D eigenvalue weighted by atomic mass is 16.2. The number of carbonyl (C=O) groups excluding carboxylic acids is 2. The van der Waals surface area contributed by atoms with E-state index < -0.39 is 0 Å². The molecule has 1 saturated heterocycles. The van der Waals surface area contributed by atoms with Gasteiger partial charge in [0, 0.05) is 32.6 Å². The SMILES string of the molecule is CC(C)CC(=O)N1CCCN(C(=O)C23CC4CC(CC(C4)C2)C3)CC1. The van der Waals surface area contributed by atoms with Crippen molar-refractivity contribution in [2.24, 2.45) is 29.1 Å². The lowest BCUT2D eigenvalue weighted by Gasteiger charge is -2.56. The zero-order valence-electron chi connectivity index (χ0n) is 16.0. The third kappa shape index (κ3) is 3.33. The Morgan fingerprint density at radius 3 is 1.96 bits per heavy atom. The summed E-state index contributed by atoms with van der Waals surface area (Å²) in [6, 6.07) is 0. The molecule has 4 bridgehead atoms. The summed E-state index contributed by atoms with van der Waals surface area (Å²) in [4.78, 5) is 30.0. The molecule has 0 atom stereocenters. The van der Waals surface area contributed by atoms with Crippen molar-refractivity contribution >= 4 is 11.8 Å². The van der Waals surface area contributed by atoms with Crippen LogP contribution in [0.1, 0.15) is 65.2 Å². The van der Waals surface area contributed by atoms with E-state index in [1.807, 2.05) is 4.90 Å². The number of hydrogen-bond acceptors (Lipinski definition) is 2. The van der Waals surface area contributed by atoms with Gasteiger partial charge in [-0.05, 0) is 68.6 Å².